The van der Waals surface area contributed by atoms with Crippen molar-refractivity contribution in [1.29, 1.82) is 0 Å². The smallest absolute Gasteiger partial charge is 0.226 e. The molecule has 0 amide bonds. The molecule has 1 fully saturated rings. The largest absolute Gasteiger partial charge is 0.339 e. The molecule has 1 aromatic rings. The molecule has 1 aliphatic rings. The zero-order valence-electron chi connectivity index (χ0n) is 13.7. The third-order valence-electron chi connectivity index (χ3n) is 4.48. The summed E-state index contributed by atoms with van der Waals surface area (Å²) in [5.74, 6) is 2.73. The van der Waals surface area contributed by atoms with Gasteiger partial charge in [-0.3, -0.25) is 4.90 Å². The summed E-state index contributed by atoms with van der Waals surface area (Å²) >= 11 is 0. The van der Waals surface area contributed by atoms with Crippen LogP contribution < -0.4 is 5.73 Å². The third kappa shape index (κ3) is 4.51. The lowest BCUT2D eigenvalue weighted by Crippen LogP contribution is -2.44. The Bertz CT molecular complexity index is 418. The lowest BCUT2D eigenvalue weighted by Gasteiger charge is -2.38. The monoisotopic (exact) mass is 294 g/mol. The first-order valence-electron chi connectivity index (χ1n) is 8.39. The van der Waals surface area contributed by atoms with Gasteiger partial charge in [-0.05, 0) is 37.8 Å². The van der Waals surface area contributed by atoms with Crippen molar-refractivity contribution in [2.75, 3.05) is 13.1 Å². The van der Waals surface area contributed by atoms with Crippen molar-refractivity contribution < 1.29 is 4.52 Å². The highest BCUT2D eigenvalue weighted by molar-refractivity contribution is 4.91. The summed E-state index contributed by atoms with van der Waals surface area (Å²) in [5, 5.41) is 4.14. The van der Waals surface area contributed by atoms with E-state index in [2.05, 4.69) is 35.8 Å². The van der Waals surface area contributed by atoms with Crippen LogP contribution in [0, 0.1) is 11.8 Å². The fraction of sp³-hybridized carbons (Fsp3) is 0.875. The molecule has 0 saturated heterocycles. The topological polar surface area (TPSA) is 68.2 Å². The minimum absolute atomic E-state index is 0.542. The van der Waals surface area contributed by atoms with Crippen molar-refractivity contribution in [1.82, 2.24) is 15.0 Å². The summed E-state index contributed by atoms with van der Waals surface area (Å²) in [6.45, 7) is 9.10. The van der Waals surface area contributed by atoms with Crippen molar-refractivity contribution in [2.24, 2.45) is 17.6 Å². The predicted octanol–water partition coefficient (Wildman–Crippen LogP) is 2.61. The zero-order valence-corrected chi connectivity index (χ0v) is 13.7. The Morgan fingerprint density at radius 3 is 2.76 bits per heavy atom. The molecule has 1 aromatic heterocycles. The molecule has 5 nitrogen and oxygen atoms in total. The highest BCUT2D eigenvalue weighted by Gasteiger charge is 2.29. The number of nitrogens with zero attached hydrogens (tertiary/aromatic N) is 3. The maximum absolute atomic E-state index is 5.96. The van der Waals surface area contributed by atoms with E-state index in [0.29, 0.717) is 17.9 Å². The van der Waals surface area contributed by atoms with E-state index < -0.39 is 0 Å². The molecule has 1 saturated carbocycles. The van der Waals surface area contributed by atoms with E-state index in [1.165, 1.54) is 25.7 Å². The Morgan fingerprint density at radius 2 is 2.10 bits per heavy atom. The number of hydrogen-bond acceptors (Lipinski definition) is 5. The molecule has 2 N–H and O–H groups in total. The maximum atomic E-state index is 5.96. The predicted molar refractivity (Wildman–Crippen MR) is 83.7 cm³/mol. The molecular weight excluding hydrogens is 264 g/mol. The molecule has 2 rings (SSSR count). The van der Waals surface area contributed by atoms with Crippen molar-refractivity contribution in [3.8, 4) is 0 Å². The molecule has 2 atom stereocenters. The van der Waals surface area contributed by atoms with E-state index in [1.807, 2.05) is 0 Å². The number of aromatic nitrogens is 2. The van der Waals surface area contributed by atoms with Crippen LogP contribution >= 0.6 is 0 Å². The first-order valence-corrected chi connectivity index (χ1v) is 8.39. The lowest BCUT2D eigenvalue weighted by atomic mass is 9.83. The van der Waals surface area contributed by atoms with Crippen LogP contribution in [0.15, 0.2) is 4.52 Å². The quantitative estimate of drug-likeness (QED) is 0.837. The molecule has 0 bridgehead atoms. The Balaban J connectivity index is 1.99. The van der Waals surface area contributed by atoms with Crippen LogP contribution in [0.5, 0.6) is 0 Å². The van der Waals surface area contributed by atoms with Gasteiger partial charge in [-0.15, -0.1) is 0 Å². The van der Waals surface area contributed by atoms with Crippen LogP contribution in [0.2, 0.25) is 0 Å². The molecule has 0 spiro atoms. The van der Waals surface area contributed by atoms with Gasteiger partial charge in [0.1, 0.15) is 0 Å². The molecule has 1 heterocycles. The van der Waals surface area contributed by atoms with Gasteiger partial charge in [0.2, 0.25) is 5.89 Å². The summed E-state index contributed by atoms with van der Waals surface area (Å²) in [4.78, 5) is 7.01. The summed E-state index contributed by atoms with van der Waals surface area (Å²) < 4.78 is 5.35. The van der Waals surface area contributed by atoms with Crippen LogP contribution in [0.1, 0.15) is 58.2 Å². The Kier molecular flexibility index (Phi) is 6.18. The average Bonchev–Trinajstić information content (AvgIpc) is 2.91. The molecule has 0 aromatic carbocycles. The minimum Gasteiger partial charge on any atom is -0.339 e. The number of hydrogen-bond donors (Lipinski definition) is 1. The third-order valence-corrected chi connectivity index (χ3v) is 4.48. The SMILES string of the molecule is CCN(Cc1noc(CC(C)C)n1)C1CCCCC1CN. The van der Waals surface area contributed by atoms with E-state index in [4.69, 9.17) is 10.3 Å². The van der Waals surface area contributed by atoms with Gasteiger partial charge in [-0.2, -0.15) is 4.98 Å². The van der Waals surface area contributed by atoms with Crippen molar-refractivity contribution >= 4 is 0 Å². The number of nitrogens with two attached hydrogens (primary N) is 1. The second-order valence-corrected chi connectivity index (χ2v) is 6.61. The minimum atomic E-state index is 0.542. The normalized spacial score (nSPS) is 23.1. The molecule has 21 heavy (non-hydrogen) atoms. The van der Waals surface area contributed by atoms with Crippen LogP contribution in [0.25, 0.3) is 0 Å². The van der Waals surface area contributed by atoms with E-state index in [-0.39, 0.29) is 0 Å². The van der Waals surface area contributed by atoms with Crippen LogP contribution in [-0.2, 0) is 13.0 Å². The molecular formula is C16H30N4O. The summed E-state index contributed by atoms with van der Waals surface area (Å²) in [6, 6.07) is 0.570. The second kappa shape index (κ2) is 7.90. The lowest BCUT2D eigenvalue weighted by molar-refractivity contribution is 0.102. The summed E-state index contributed by atoms with van der Waals surface area (Å²) in [6.07, 6.45) is 5.97. The first-order chi connectivity index (χ1) is 10.1. The molecule has 5 heteroatoms. The highest BCUT2D eigenvalue weighted by atomic mass is 16.5. The van der Waals surface area contributed by atoms with Gasteiger partial charge < -0.3 is 10.3 Å². The van der Waals surface area contributed by atoms with E-state index >= 15 is 0 Å². The fourth-order valence-electron chi connectivity index (χ4n) is 3.38. The Labute approximate surface area is 128 Å². The van der Waals surface area contributed by atoms with Crippen LogP contribution in [0.4, 0.5) is 0 Å². The maximum Gasteiger partial charge on any atom is 0.226 e. The van der Waals surface area contributed by atoms with Gasteiger partial charge in [0.15, 0.2) is 5.82 Å². The number of rotatable bonds is 7. The van der Waals surface area contributed by atoms with Gasteiger partial charge >= 0.3 is 0 Å². The Morgan fingerprint density at radius 1 is 1.33 bits per heavy atom. The van der Waals surface area contributed by atoms with Crippen LogP contribution in [0.3, 0.4) is 0 Å². The zero-order chi connectivity index (χ0) is 15.2. The van der Waals surface area contributed by atoms with E-state index in [0.717, 1.165) is 37.8 Å². The van der Waals surface area contributed by atoms with Crippen molar-refractivity contribution in [3.05, 3.63) is 11.7 Å². The Hall–Kier alpha value is -0.940. The van der Waals surface area contributed by atoms with E-state index in [1.54, 1.807) is 0 Å². The average molecular weight is 294 g/mol. The van der Waals surface area contributed by atoms with Crippen molar-refractivity contribution in [2.45, 2.75) is 65.5 Å². The summed E-state index contributed by atoms with van der Waals surface area (Å²) in [7, 11) is 0. The first kappa shape index (κ1) is 16.4. The van der Waals surface area contributed by atoms with Crippen LogP contribution in [-0.4, -0.2) is 34.2 Å². The van der Waals surface area contributed by atoms with Gasteiger partial charge in [-0.1, -0.05) is 38.8 Å². The van der Waals surface area contributed by atoms with Crippen molar-refractivity contribution in [3.63, 3.8) is 0 Å². The molecule has 0 radical (unpaired) electrons. The molecule has 2 unspecified atom stereocenters. The van der Waals surface area contributed by atoms with Gasteiger partial charge in [0.25, 0.3) is 0 Å². The molecule has 120 valence electrons. The van der Waals surface area contributed by atoms with Gasteiger partial charge in [-0.25, -0.2) is 0 Å². The molecule has 1 aliphatic carbocycles. The van der Waals surface area contributed by atoms with Gasteiger partial charge in [0.05, 0.1) is 6.54 Å². The summed E-state index contributed by atoms with van der Waals surface area (Å²) in [5.41, 5.74) is 5.96. The molecule has 0 aliphatic heterocycles. The fourth-order valence-corrected chi connectivity index (χ4v) is 3.38. The van der Waals surface area contributed by atoms with Gasteiger partial charge in [0, 0.05) is 12.5 Å². The second-order valence-electron chi connectivity index (χ2n) is 6.61. The standard InChI is InChI=1S/C16H30N4O/c1-4-20(14-8-6-5-7-13(14)10-17)11-15-18-16(21-19-15)9-12(2)3/h12-14H,4-11,17H2,1-3H3. The van der Waals surface area contributed by atoms with E-state index in [9.17, 15) is 0 Å². The highest BCUT2D eigenvalue weighted by Crippen LogP contribution is 2.28.